The third kappa shape index (κ3) is 4.15. The van der Waals surface area contributed by atoms with Crippen LogP contribution in [0.2, 0.25) is 0 Å². The Morgan fingerprint density at radius 2 is 1.88 bits per heavy atom. The fourth-order valence-corrected chi connectivity index (χ4v) is 1.07. The lowest BCUT2D eigenvalue weighted by Gasteiger charge is -2.07. The van der Waals surface area contributed by atoms with E-state index in [1.54, 1.807) is 0 Å². The van der Waals surface area contributed by atoms with Gasteiger partial charge in [-0.2, -0.15) is 13.2 Å². The van der Waals surface area contributed by atoms with Crippen LogP contribution in [0.1, 0.15) is 5.56 Å². The predicted molar refractivity (Wildman–Crippen MR) is 51.3 cm³/mol. The lowest BCUT2D eigenvalue weighted by molar-refractivity contribution is -0.624. The van der Waals surface area contributed by atoms with Crippen LogP contribution in [0.25, 0.3) is 6.08 Å². The Hall–Kier alpha value is -2.02. The fourth-order valence-electron chi connectivity index (χ4n) is 1.07. The Kier molecular flexibility index (Phi) is 4.11. The largest absolute Gasteiger partial charge is 0.542 e. The molecule has 0 saturated heterocycles. The zero-order chi connectivity index (χ0) is 12.9. The molecule has 92 valence electrons. The van der Waals surface area contributed by atoms with Crippen molar-refractivity contribution in [2.45, 2.75) is 6.18 Å². The van der Waals surface area contributed by atoms with E-state index in [9.17, 15) is 13.2 Å². The quantitative estimate of drug-likeness (QED) is 0.486. The number of carboxylic acid groups (broad SMARTS) is 1. The zero-order valence-electron chi connectivity index (χ0n) is 8.49. The average Bonchev–Trinajstić information content (AvgIpc) is 2.29. The van der Waals surface area contributed by atoms with Crippen LogP contribution in [0.3, 0.4) is 0 Å². The van der Waals surface area contributed by atoms with Gasteiger partial charge in [0.2, 0.25) is 0 Å². The van der Waals surface area contributed by atoms with Crippen LogP contribution in [0.4, 0.5) is 18.9 Å². The Bertz CT molecular complexity index is 430. The molecule has 1 aliphatic heterocycles. The van der Waals surface area contributed by atoms with Gasteiger partial charge in [0.1, 0.15) is 5.97 Å². The Morgan fingerprint density at radius 3 is 2.41 bits per heavy atom. The Morgan fingerprint density at radius 1 is 1.29 bits per heavy atom. The molecule has 0 fully saturated rings. The van der Waals surface area contributed by atoms with E-state index in [-0.39, 0.29) is 0 Å². The standard InChI is InChI=1S/C8H8N2.C2HF3O2/c1-2-4-8-7(3-1)5-6-9-10-8;3-2(4,5)1(6)7/h1-6,9-10H;(H,6,7). The molecule has 0 amide bonds. The number of quaternary nitrogens is 1. The number of nitrogens with two attached hydrogens (primary N) is 1. The Balaban J connectivity index is 0.000000185. The second-order valence-electron chi connectivity index (χ2n) is 3.06. The molecule has 0 spiro atoms. The van der Waals surface area contributed by atoms with E-state index < -0.39 is 12.1 Å². The van der Waals surface area contributed by atoms with Gasteiger partial charge in [-0.25, -0.2) is 10.9 Å². The molecule has 17 heavy (non-hydrogen) atoms. The molecular formula is C10H9F3N2O2. The molecule has 0 bridgehead atoms. The summed E-state index contributed by atoms with van der Waals surface area (Å²) in [6.07, 6.45) is -1.20. The van der Waals surface area contributed by atoms with E-state index in [0.29, 0.717) is 0 Å². The number of nitrogens with one attached hydrogen (secondary N) is 1. The van der Waals surface area contributed by atoms with Crippen molar-refractivity contribution in [3.8, 4) is 0 Å². The Labute approximate surface area is 94.7 Å². The fraction of sp³-hybridized carbons (Fsp3) is 0.100. The number of rotatable bonds is 0. The molecule has 1 aromatic rings. The molecule has 4 nitrogen and oxygen atoms in total. The number of carboxylic acids is 1. The number of fused-ring (bicyclic) bond motifs is 1. The van der Waals surface area contributed by atoms with Crippen LogP contribution in [0, 0.1) is 0 Å². The van der Waals surface area contributed by atoms with Crippen LogP contribution >= 0.6 is 0 Å². The first-order valence-electron chi connectivity index (χ1n) is 4.54. The van der Waals surface area contributed by atoms with Gasteiger partial charge in [0.05, 0.1) is 6.20 Å². The highest BCUT2D eigenvalue weighted by atomic mass is 19.4. The number of aliphatic carboxylic acids is 1. The second kappa shape index (κ2) is 5.35. The van der Waals surface area contributed by atoms with Crippen molar-refractivity contribution in [1.29, 1.82) is 0 Å². The van der Waals surface area contributed by atoms with Gasteiger partial charge in [-0.05, 0) is 12.1 Å². The number of hydrogen-bond donors (Lipinski definition) is 2. The number of halogens is 3. The molecule has 3 N–H and O–H groups in total. The molecular weight excluding hydrogens is 237 g/mol. The molecule has 2 rings (SSSR count). The monoisotopic (exact) mass is 246 g/mol. The predicted octanol–water partition coefficient (Wildman–Crippen LogP) is -0.331. The van der Waals surface area contributed by atoms with Gasteiger partial charge in [-0.3, -0.25) is 0 Å². The summed E-state index contributed by atoms with van der Waals surface area (Å²) in [5.74, 6) is -3.01. The van der Waals surface area contributed by atoms with Gasteiger partial charge >= 0.3 is 6.18 Å². The van der Waals surface area contributed by atoms with Crippen molar-refractivity contribution >= 4 is 17.7 Å². The van der Waals surface area contributed by atoms with Crippen molar-refractivity contribution in [2.75, 3.05) is 0 Å². The van der Waals surface area contributed by atoms with Gasteiger partial charge in [0.25, 0.3) is 0 Å². The summed E-state index contributed by atoms with van der Waals surface area (Å²) >= 11 is 0. The topological polar surface area (TPSA) is 68.8 Å². The van der Waals surface area contributed by atoms with Gasteiger partial charge in [0, 0.05) is 11.6 Å². The molecule has 0 atom stereocenters. The summed E-state index contributed by atoms with van der Waals surface area (Å²) in [5, 5.41) is 8.78. The summed E-state index contributed by atoms with van der Waals surface area (Å²) in [4.78, 5) is 8.78. The van der Waals surface area contributed by atoms with Crippen molar-refractivity contribution in [2.24, 2.45) is 0 Å². The molecule has 1 heterocycles. The summed E-state index contributed by atoms with van der Waals surface area (Å²) in [7, 11) is 0. The van der Waals surface area contributed by atoms with E-state index in [0.717, 1.165) is 0 Å². The third-order valence-corrected chi connectivity index (χ3v) is 1.83. The first kappa shape index (κ1) is 13.0. The van der Waals surface area contributed by atoms with Gasteiger partial charge in [-0.15, -0.1) is 0 Å². The normalized spacial score (nSPS) is 12.9. The minimum absolute atomic E-state index is 1.25. The molecule has 1 aliphatic rings. The van der Waals surface area contributed by atoms with Crippen molar-refractivity contribution in [3.05, 3.63) is 36.0 Å². The summed E-state index contributed by atoms with van der Waals surface area (Å²) in [5.41, 5.74) is 7.56. The number of para-hydroxylation sites is 1. The van der Waals surface area contributed by atoms with E-state index in [1.807, 2.05) is 23.8 Å². The molecule has 0 unspecified atom stereocenters. The average molecular weight is 246 g/mol. The van der Waals surface area contributed by atoms with Crippen LogP contribution in [0.15, 0.2) is 30.5 Å². The zero-order valence-corrected chi connectivity index (χ0v) is 8.49. The minimum Gasteiger partial charge on any atom is -0.542 e. The maximum atomic E-state index is 10.5. The van der Waals surface area contributed by atoms with E-state index in [2.05, 4.69) is 23.6 Å². The molecule has 0 radical (unpaired) electrons. The van der Waals surface area contributed by atoms with Crippen LogP contribution in [0.5, 0.6) is 0 Å². The smallest absolute Gasteiger partial charge is 0.430 e. The van der Waals surface area contributed by atoms with Crippen LogP contribution < -0.4 is 16.0 Å². The molecule has 0 aromatic heterocycles. The highest BCUT2D eigenvalue weighted by Crippen LogP contribution is 2.12. The minimum atomic E-state index is -5.19. The summed E-state index contributed by atoms with van der Waals surface area (Å²) < 4.78 is 31.5. The first-order valence-corrected chi connectivity index (χ1v) is 4.54. The van der Waals surface area contributed by atoms with E-state index in [1.165, 1.54) is 11.3 Å². The van der Waals surface area contributed by atoms with Crippen molar-refractivity contribution in [3.63, 3.8) is 0 Å². The van der Waals surface area contributed by atoms with Crippen LogP contribution in [-0.2, 0) is 4.79 Å². The van der Waals surface area contributed by atoms with Crippen molar-refractivity contribution < 1.29 is 28.5 Å². The maximum absolute atomic E-state index is 10.5. The number of hydrogen-bond acceptors (Lipinski definition) is 3. The number of carbonyl (C=O) groups is 1. The molecule has 0 saturated carbocycles. The SMILES string of the molecule is C1=Cc2ccccc2[NH2+]N1.O=C([O-])C(F)(F)F. The lowest BCUT2D eigenvalue weighted by atomic mass is 10.1. The van der Waals surface area contributed by atoms with Gasteiger partial charge in [-0.1, -0.05) is 12.1 Å². The van der Waals surface area contributed by atoms with Crippen LogP contribution in [-0.4, -0.2) is 12.1 Å². The molecule has 1 aromatic carbocycles. The van der Waals surface area contributed by atoms with Crippen molar-refractivity contribution in [1.82, 2.24) is 5.43 Å². The molecule has 0 aliphatic carbocycles. The third-order valence-electron chi connectivity index (χ3n) is 1.83. The molecule has 7 heteroatoms. The highest BCUT2D eigenvalue weighted by molar-refractivity contribution is 5.70. The second-order valence-corrected chi connectivity index (χ2v) is 3.06. The summed E-state index contributed by atoms with van der Waals surface area (Å²) in [6.45, 7) is 0. The lowest BCUT2D eigenvalue weighted by Crippen LogP contribution is -2.87. The summed E-state index contributed by atoms with van der Waals surface area (Å²) in [6, 6.07) is 8.27. The first-order chi connectivity index (χ1) is 7.91. The number of alkyl halides is 3. The maximum Gasteiger partial charge on any atom is 0.430 e. The van der Waals surface area contributed by atoms with E-state index in [4.69, 9.17) is 9.90 Å². The highest BCUT2D eigenvalue weighted by Gasteiger charge is 2.28. The number of benzene rings is 1. The van der Waals surface area contributed by atoms with Gasteiger partial charge < -0.3 is 9.90 Å². The number of carbonyl (C=O) groups excluding carboxylic acids is 1. The van der Waals surface area contributed by atoms with E-state index >= 15 is 0 Å². The van der Waals surface area contributed by atoms with Gasteiger partial charge in [0.15, 0.2) is 5.69 Å².